The number of ether oxygens (including phenoxy) is 1. The smallest absolute Gasteiger partial charge is 0.0602 e. The van der Waals surface area contributed by atoms with Crippen LogP contribution in [0.3, 0.4) is 0 Å². The minimum atomic E-state index is 0.554. The molecule has 0 aliphatic carbocycles. The van der Waals surface area contributed by atoms with Gasteiger partial charge in [0, 0.05) is 26.3 Å². The first-order chi connectivity index (χ1) is 7.70. The quantitative estimate of drug-likeness (QED) is 0.776. The van der Waals surface area contributed by atoms with E-state index in [0.29, 0.717) is 6.04 Å². The third-order valence-electron chi connectivity index (χ3n) is 3.42. The van der Waals surface area contributed by atoms with E-state index < -0.39 is 0 Å². The number of benzene rings is 1. The summed E-state index contributed by atoms with van der Waals surface area (Å²) in [5, 5.41) is 0. The van der Waals surface area contributed by atoms with Gasteiger partial charge < -0.3 is 15.4 Å². The van der Waals surface area contributed by atoms with Gasteiger partial charge in [0.2, 0.25) is 0 Å². The minimum absolute atomic E-state index is 0.554. The van der Waals surface area contributed by atoms with Crippen molar-refractivity contribution in [2.75, 3.05) is 30.9 Å². The molecule has 1 aromatic rings. The molecular formula is C13H20N2O. The van der Waals surface area contributed by atoms with Gasteiger partial charge in [0.1, 0.15) is 0 Å². The van der Waals surface area contributed by atoms with Crippen molar-refractivity contribution in [1.82, 2.24) is 0 Å². The van der Waals surface area contributed by atoms with E-state index in [1.807, 2.05) is 0 Å². The van der Waals surface area contributed by atoms with E-state index in [4.69, 9.17) is 10.5 Å². The molecule has 0 atom stereocenters. The Hall–Kier alpha value is -1.22. The molecule has 3 nitrogen and oxygen atoms in total. The fourth-order valence-electron chi connectivity index (χ4n) is 2.24. The summed E-state index contributed by atoms with van der Waals surface area (Å²) in [7, 11) is 2.13. The maximum absolute atomic E-state index is 6.12. The number of rotatable bonds is 2. The highest BCUT2D eigenvalue weighted by Gasteiger charge is 2.20. The summed E-state index contributed by atoms with van der Waals surface area (Å²) in [5.41, 5.74) is 9.31. The lowest BCUT2D eigenvalue weighted by molar-refractivity contribution is 0.0855. The Bertz CT molecular complexity index is 359. The monoisotopic (exact) mass is 220 g/mol. The molecule has 0 amide bonds. The maximum atomic E-state index is 6.12. The third kappa shape index (κ3) is 2.14. The summed E-state index contributed by atoms with van der Waals surface area (Å²) in [6, 6.07) is 6.77. The number of anilines is 2. The summed E-state index contributed by atoms with van der Waals surface area (Å²) >= 11 is 0. The van der Waals surface area contributed by atoms with Crippen LogP contribution in [0.4, 0.5) is 11.4 Å². The van der Waals surface area contributed by atoms with E-state index in [0.717, 1.165) is 43.0 Å². The molecule has 2 rings (SSSR count). The summed E-state index contributed by atoms with van der Waals surface area (Å²) in [6.07, 6.45) is 2.17. The molecular weight excluding hydrogens is 200 g/mol. The van der Waals surface area contributed by atoms with Crippen molar-refractivity contribution in [1.29, 1.82) is 0 Å². The fraction of sp³-hybridized carbons (Fsp3) is 0.538. The van der Waals surface area contributed by atoms with Crippen LogP contribution in [0.2, 0.25) is 0 Å². The van der Waals surface area contributed by atoms with Gasteiger partial charge in [-0.15, -0.1) is 0 Å². The standard InChI is InChI=1S/C13H20N2O/c1-10-4-3-5-12(13(10)14)15(2)11-6-8-16-9-7-11/h3-5,11H,6-9,14H2,1-2H3. The average molecular weight is 220 g/mol. The summed E-state index contributed by atoms with van der Waals surface area (Å²) < 4.78 is 5.38. The molecule has 0 unspecified atom stereocenters. The van der Waals surface area contributed by atoms with Crippen LogP contribution in [0.25, 0.3) is 0 Å². The van der Waals surface area contributed by atoms with Crippen LogP contribution >= 0.6 is 0 Å². The van der Waals surface area contributed by atoms with Gasteiger partial charge in [-0.05, 0) is 31.4 Å². The molecule has 0 radical (unpaired) electrons. The van der Waals surface area contributed by atoms with E-state index in [9.17, 15) is 0 Å². The molecule has 1 aliphatic rings. The zero-order valence-corrected chi connectivity index (χ0v) is 10.1. The molecule has 1 saturated heterocycles. The molecule has 0 aromatic heterocycles. The van der Waals surface area contributed by atoms with Gasteiger partial charge in [-0.1, -0.05) is 12.1 Å². The van der Waals surface area contributed by atoms with E-state index in [2.05, 4.69) is 37.1 Å². The first kappa shape index (κ1) is 11.3. The Morgan fingerprint density at radius 2 is 2.00 bits per heavy atom. The number of aryl methyl sites for hydroxylation is 1. The van der Waals surface area contributed by atoms with Crippen LogP contribution in [-0.4, -0.2) is 26.3 Å². The number of nitrogens with two attached hydrogens (primary N) is 1. The van der Waals surface area contributed by atoms with Crippen LogP contribution in [-0.2, 0) is 4.74 Å². The average Bonchev–Trinajstić information content (AvgIpc) is 2.33. The predicted octanol–water partition coefficient (Wildman–Crippen LogP) is 2.19. The number of hydrogen-bond donors (Lipinski definition) is 1. The largest absolute Gasteiger partial charge is 0.397 e. The highest BCUT2D eigenvalue weighted by Crippen LogP contribution is 2.28. The number of hydrogen-bond acceptors (Lipinski definition) is 3. The van der Waals surface area contributed by atoms with E-state index in [1.54, 1.807) is 0 Å². The molecule has 0 bridgehead atoms. The Morgan fingerprint density at radius 1 is 1.31 bits per heavy atom. The molecule has 0 spiro atoms. The lowest BCUT2D eigenvalue weighted by atomic mass is 10.1. The number of para-hydroxylation sites is 1. The second kappa shape index (κ2) is 4.74. The van der Waals surface area contributed by atoms with Crippen molar-refractivity contribution in [3.8, 4) is 0 Å². The molecule has 3 heteroatoms. The number of nitrogens with zero attached hydrogens (tertiary/aromatic N) is 1. The van der Waals surface area contributed by atoms with Crippen LogP contribution in [0.15, 0.2) is 18.2 Å². The number of nitrogen functional groups attached to an aromatic ring is 1. The van der Waals surface area contributed by atoms with Gasteiger partial charge >= 0.3 is 0 Å². The Kier molecular flexibility index (Phi) is 3.34. The van der Waals surface area contributed by atoms with Gasteiger partial charge in [0.25, 0.3) is 0 Å². The normalized spacial score (nSPS) is 17.4. The van der Waals surface area contributed by atoms with Gasteiger partial charge in [-0.25, -0.2) is 0 Å². The molecule has 16 heavy (non-hydrogen) atoms. The lowest BCUT2D eigenvalue weighted by Gasteiger charge is -2.33. The van der Waals surface area contributed by atoms with Crippen molar-refractivity contribution >= 4 is 11.4 Å². The highest BCUT2D eigenvalue weighted by atomic mass is 16.5. The molecule has 0 saturated carbocycles. The van der Waals surface area contributed by atoms with Crippen molar-refractivity contribution < 1.29 is 4.74 Å². The molecule has 1 fully saturated rings. The Morgan fingerprint density at radius 3 is 2.69 bits per heavy atom. The fourth-order valence-corrected chi connectivity index (χ4v) is 2.24. The van der Waals surface area contributed by atoms with Crippen LogP contribution in [0.1, 0.15) is 18.4 Å². The summed E-state index contributed by atoms with van der Waals surface area (Å²) in [5.74, 6) is 0. The molecule has 1 aliphatic heterocycles. The molecule has 2 N–H and O–H groups in total. The zero-order valence-electron chi connectivity index (χ0n) is 10.1. The second-order valence-corrected chi connectivity index (χ2v) is 4.46. The molecule has 1 aromatic carbocycles. The first-order valence-electron chi connectivity index (χ1n) is 5.86. The van der Waals surface area contributed by atoms with Gasteiger partial charge in [0.15, 0.2) is 0 Å². The van der Waals surface area contributed by atoms with E-state index >= 15 is 0 Å². The van der Waals surface area contributed by atoms with E-state index in [-0.39, 0.29) is 0 Å². The van der Waals surface area contributed by atoms with E-state index in [1.165, 1.54) is 0 Å². The predicted molar refractivity (Wildman–Crippen MR) is 67.8 cm³/mol. The van der Waals surface area contributed by atoms with Gasteiger partial charge in [-0.2, -0.15) is 0 Å². The topological polar surface area (TPSA) is 38.5 Å². The SMILES string of the molecule is Cc1cccc(N(C)C2CCOCC2)c1N. The minimum Gasteiger partial charge on any atom is -0.397 e. The third-order valence-corrected chi connectivity index (χ3v) is 3.42. The van der Waals surface area contributed by atoms with Crippen LogP contribution in [0.5, 0.6) is 0 Å². The Balaban J connectivity index is 2.19. The maximum Gasteiger partial charge on any atom is 0.0602 e. The summed E-state index contributed by atoms with van der Waals surface area (Å²) in [4.78, 5) is 2.30. The first-order valence-corrected chi connectivity index (χ1v) is 5.86. The van der Waals surface area contributed by atoms with Gasteiger partial charge in [-0.3, -0.25) is 0 Å². The van der Waals surface area contributed by atoms with Crippen LogP contribution < -0.4 is 10.6 Å². The molecule has 1 heterocycles. The van der Waals surface area contributed by atoms with Crippen molar-refractivity contribution in [2.45, 2.75) is 25.8 Å². The zero-order chi connectivity index (χ0) is 11.5. The second-order valence-electron chi connectivity index (χ2n) is 4.46. The van der Waals surface area contributed by atoms with Crippen LogP contribution in [0, 0.1) is 6.92 Å². The summed E-state index contributed by atoms with van der Waals surface area (Å²) in [6.45, 7) is 3.78. The van der Waals surface area contributed by atoms with Crippen molar-refractivity contribution in [2.24, 2.45) is 0 Å². The lowest BCUT2D eigenvalue weighted by Crippen LogP contribution is -2.37. The van der Waals surface area contributed by atoms with Gasteiger partial charge in [0.05, 0.1) is 11.4 Å². The Labute approximate surface area is 97.2 Å². The molecule has 88 valence electrons. The van der Waals surface area contributed by atoms with Crippen molar-refractivity contribution in [3.05, 3.63) is 23.8 Å². The highest BCUT2D eigenvalue weighted by molar-refractivity contribution is 5.70. The van der Waals surface area contributed by atoms with Crippen molar-refractivity contribution in [3.63, 3.8) is 0 Å².